The van der Waals surface area contributed by atoms with Crippen LogP contribution >= 0.6 is 11.5 Å². The van der Waals surface area contributed by atoms with Crippen LogP contribution in [0.1, 0.15) is 31.4 Å². The lowest BCUT2D eigenvalue weighted by Gasteiger charge is -2.13. The standard InChI is InChI=1S/C18H26N2OS/c1-4-11-20(3)12-7-5-6-8-13-21-16-9-10-17-15(2)19-22-18(17)14-16/h4,9-10,14H,1,5-8,11-13H2,2-3H3. The van der Waals surface area contributed by atoms with Crippen LogP contribution in [0.2, 0.25) is 0 Å². The monoisotopic (exact) mass is 318 g/mol. The van der Waals surface area contributed by atoms with E-state index in [-0.39, 0.29) is 0 Å². The summed E-state index contributed by atoms with van der Waals surface area (Å²) < 4.78 is 11.4. The molecule has 0 amide bonds. The predicted molar refractivity (Wildman–Crippen MR) is 96.0 cm³/mol. The SMILES string of the molecule is C=CCN(C)CCCCCCOc1ccc2c(C)nsc2c1. The van der Waals surface area contributed by atoms with Crippen molar-refractivity contribution in [2.24, 2.45) is 0 Å². The predicted octanol–water partition coefficient (Wildman–Crippen LogP) is 4.66. The first-order valence-electron chi connectivity index (χ1n) is 7.99. The highest BCUT2D eigenvalue weighted by molar-refractivity contribution is 7.13. The lowest BCUT2D eigenvalue weighted by atomic mass is 10.2. The molecule has 0 saturated heterocycles. The fourth-order valence-corrected chi connectivity index (χ4v) is 3.29. The maximum atomic E-state index is 5.84. The third-order valence-corrected chi connectivity index (χ3v) is 4.67. The van der Waals surface area contributed by atoms with Crippen LogP contribution in [-0.4, -0.2) is 36.0 Å². The van der Waals surface area contributed by atoms with E-state index in [0.29, 0.717) is 0 Å². The highest BCUT2D eigenvalue weighted by Gasteiger charge is 2.03. The molecule has 22 heavy (non-hydrogen) atoms. The third-order valence-electron chi connectivity index (χ3n) is 3.77. The Labute approximate surface area is 137 Å². The van der Waals surface area contributed by atoms with Crippen molar-refractivity contribution in [1.29, 1.82) is 0 Å². The number of nitrogens with zero attached hydrogens (tertiary/aromatic N) is 2. The van der Waals surface area contributed by atoms with E-state index in [2.05, 4.69) is 35.0 Å². The molecule has 0 aliphatic carbocycles. The van der Waals surface area contributed by atoms with E-state index in [1.54, 1.807) is 11.5 Å². The first kappa shape index (κ1) is 17.0. The Morgan fingerprint density at radius 1 is 1.27 bits per heavy atom. The molecule has 0 aliphatic rings. The zero-order valence-electron chi connectivity index (χ0n) is 13.7. The lowest BCUT2D eigenvalue weighted by Crippen LogP contribution is -2.19. The number of benzene rings is 1. The summed E-state index contributed by atoms with van der Waals surface area (Å²) in [6, 6.07) is 6.26. The minimum atomic E-state index is 0.797. The van der Waals surface area contributed by atoms with Gasteiger partial charge >= 0.3 is 0 Å². The highest BCUT2D eigenvalue weighted by atomic mass is 32.1. The van der Waals surface area contributed by atoms with Gasteiger partial charge in [0.05, 0.1) is 17.0 Å². The van der Waals surface area contributed by atoms with Crippen LogP contribution in [0.25, 0.3) is 10.1 Å². The zero-order chi connectivity index (χ0) is 15.8. The summed E-state index contributed by atoms with van der Waals surface area (Å²) in [5.74, 6) is 0.960. The van der Waals surface area contributed by atoms with Crippen molar-refractivity contribution in [3.63, 3.8) is 0 Å². The van der Waals surface area contributed by atoms with E-state index in [1.807, 2.05) is 19.1 Å². The smallest absolute Gasteiger partial charge is 0.120 e. The van der Waals surface area contributed by atoms with Gasteiger partial charge in [-0.1, -0.05) is 18.9 Å². The Morgan fingerprint density at radius 2 is 2.09 bits per heavy atom. The van der Waals surface area contributed by atoms with Gasteiger partial charge in [-0.3, -0.25) is 0 Å². The number of aryl methyl sites for hydroxylation is 1. The van der Waals surface area contributed by atoms with Crippen LogP contribution in [0, 0.1) is 6.92 Å². The average Bonchev–Trinajstić information content (AvgIpc) is 2.87. The van der Waals surface area contributed by atoms with Crippen molar-refractivity contribution in [3.05, 3.63) is 36.5 Å². The first-order chi connectivity index (χ1) is 10.7. The van der Waals surface area contributed by atoms with Gasteiger partial charge in [-0.05, 0) is 63.1 Å². The van der Waals surface area contributed by atoms with Gasteiger partial charge in [-0.2, -0.15) is 4.37 Å². The largest absolute Gasteiger partial charge is 0.494 e. The zero-order valence-corrected chi connectivity index (χ0v) is 14.5. The fourth-order valence-electron chi connectivity index (χ4n) is 2.47. The maximum absolute atomic E-state index is 5.84. The van der Waals surface area contributed by atoms with Crippen molar-refractivity contribution in [3.8, 4) is 5.75 Å². The number of aromatic nitrogens is 1. The molecule has 120 valence electrons. The molecule has 0 bridgehead atoms. The molecule has 2 rings (SSSR count). The molecule has 0 N–H and O–H groups in total. The van der Waals surface area contributed by atoms with Crippen LogP contribution < -0.4 is 4.74 Å². The van der Waals surface area contributed by atoms with Crippen molar-refractivity contribution in [1.82, 2.24) is 9.27 Å². The number of hydrogen-bond donors (Lipinski definition) is 0. The maximum Gasteiger partial charge on any atom is 0.120 e. The van der Waals surface area contributed by atoms with Gasteiger partial charge < -0.3 is 9.64 Å². The minimum absolute atomic E-state index is 0.797. The van der Waals surface area contributed by atoms with Gasteiger partial charge in [0.2, 0.25) is 0 Å². The van der Waals surface area contributed by atoms with E-state index < -0.39 is 0 Å². The lowest BCUT2D eigenvalue weighted by molar-refractivity contribution is 0.300. The summed E-state index contributed by atoms with van der Waals surface area (Å²) in [4.78, 5) is 2.30. The van der Waals surface area contributed by atoms with Gasteiger partial charge in [0, 0.05) is 11.9 Å². The normalized spacial score (nSPS) is 11.2. The van der Waals surface area contributed by atoms with Crippen molar-refractivity contribution >= 4 is 21.6 Å². The number of rotatable bonds is 10. The number of unbranched alkanes of at least 4 members (excludes halogenated alkanes) is 3. The average molecular weight is 318 g/mol. The number of fused-ring (bicyclic) bond motifs is 1. The summed E-state index contributed by atoms with van der Waals surface area (Å²) in [7, 11) is 2.14. The van der Waals surface area contributed by atoms with E-state index >= 15 is 0 Å². The Morgan fingerprint density at radius 3 is 2.91 bits per heavy atom. The van der Waals surface area contributed by atoms with Crippen molar-refractivity contribution in [2.75, 3.05) is 26.7 Å². The van der Waals surface area contributed by atoms with Crippen LogP contribution in [0.5, 0.6) is 5.75 Å². The Balaban J connectivity index is 1.61. The second kappa shape index (κ2) is 8.91. The Bertz CT molecular complexity index is 594. The van der Waals surface area contributed by atoms with Crippen molar-refractivity contribution < 1.29 is 4.74 Å². The van der Waals surface area contributed by atoms with Gasteiger partial charge in [0.15, 0.2) is 0 Å². The molecule has 0 radical (unpaired) electrons. The molecule has 1 aromatic heterocycles. The van der Waals surface area contributed by atoms with Gasteiger partial charge in [0.25, 0.3) is 0 Å². The van der Waals surface area contributed by atoms with Crippen LogP contribution in [-0.2, 0) is 0 Å². The molecular weight excluding hydrogens is 292 g/mol. The second-order valence-corrected chi connectivity index (χ2v) is 6.54. The first-order valence-corrected chi connectivity index (χ1v) is 8.76. The Kier molecular flexibility index (Phi) is 6.87. The summed E-state index contributed by atoms with van der Waals surface area (Å²) in [6.07, 6.45) is 6.80. The summed E-state index contributed by atoms with van der Waals surface area (Å²) >= 11 is 1.54. The molecule has 3 nitrogen and oxygen atoms in total. The van der Waals surface area contributed by atoms with Gasteiger partial charge in [-0.25, -0.2) is 0 Å². The van der Waals surface area contributed by atoms with Crippen molar-refractivity contribution in [2.45, 2.75) is 32.6 Å². The fraction of sp³-hybridized carbons (Fsp3) is 0.500. The topological polar surface area (TPSA) is 25.4 Å². The van der Waals surface area contributed by atoms with E-state index in [4.69, 9.17) is 4.74 Å². The van der Waals surface area contributed by atoms with Crippen LogP contribution in [0.4, 0.5) is 0 Å². The minimum Gasteiger partial charge on any atom is -0.494 e. The molecular formula is C18H26N2OS. The van der Waals surface area contributed by atoms with Crippen LogP contribution in [0.3, 0.4) is 0 Å². The molecule has 0 atom stereocenters. The molecule has 1 heterocycles. The van der Waals surface area contributed by atoms with Gasteiger partial charge in [-0.15, -0.1) is 6.58 Å². The van der Waals surface area contributed by atoms with Crippen LogP contribution in [0.15, 0.2) is 30.9 Å². The quantitative estimate of drug-likeness (QED) is 0.470. The molecule has 2 aromatic rings. The van der Waals surface area contributed by atoms with Gasteiger partial charge in [0.1, 0.15) is 5.75 Å². The second-order valence-electron chi connectivity index (χ2n) is 5.74. The van der Waals surface area contributed by atoms with E-state index in [0.717, 1.165) is 37.6 Å². The molecule has 4 heteroatoms. The van der Waals surface area contributed by atoms with E-state index in [9.17, 15) is 0 Å². The summed E-state index contributed by atoms with van der Waals surface area (Å²) in [5, 5.41) is 1.24. The third kappa shape index (κ3) is 5.11. The Hall–Kier alpha value is -1.39. The summed E-state index contributed by atoms with van der Waals surface area (Å²) in [6.45, 7) is 8.72. The molecule has 0 fully saturated rings. The highest BCUT2D eigenvalue weighted by Crippen LogP contribution is 2.26. The number of likely N-dealkylation sites (N-methyl/N-ethyl adjacent to an activating group) is 1. The van der Waals surface area contributed by atoms with E-state index in [1.165, 1.54) is 29.3 Å². The molecule has 0 unspecified atom stereocenters. The summed E-state index contributed by atoms with van der Waals surface area (Å²) in [5.41, 5.74) is 1.10. The molecule has 0 saturated carbocycles. The number of ether oxygens (including phenoxy) is 1. The number of hydrogen-bond acceptors (Lipinski definition) is 4. The molecule has 0 aliphatic heterocycles. The molecule has 1 aromatic carbocycles. The molecule has 0 spiro atoms.